The average molecular weight is 431 g/mol. The Kier molecular flexibility index (Phi) is 7.56. The van der Waals surface area contributed by atoms with Crippen molar-refractivity contribution in [1.29, 1.82) is 0 Å². The van der Waals surface area contributed by atoms with Gasteiger partial charge in [0.05, 0.1) is 6.54 Å². The first kappa shape index (κ1) is 22.8. The van der Waals surface area contributed by atoms with Crippen molar-refractivity contribution in [3.63, 3.8) is 0 Å². The van der Waals surface area contributed by atoms with E-state index in [0.29, 0.717) is 38.1 Å². The van der Waals surface area contributed by atoms with Crippen LogP contribution in [0.4, 0.5) is 13.2 Å². The number of aromatic nitrogens is 3. The highest BCUT2D eigenvalue weighted by molar-refractivity contribution is 5.80. The highest BCUT2D eigenvalue weighted by Gasteiger charge is 2.34. The fourth-order valence-electron chi connectivity index (χ4n) is 4.19. The number of aryl methyl sites for hydroxylation is 1. The normalized spacial score (nSPS) is 24.0. The molecule has 0 aliphatic carbocycles. The van der Waals surface area contributed by atoms with Crippen molar-refractivity contribution in [2.24, 2.45) is 12.0 Å². The topological polar surface area (TPSA) is 73.6 Å². The largest absolute Gasteiger partial charge is 0.401 e. The van der Waals surface area contributed by atoms with Gasteiger partial charge in [0.15, 0.2) is 11.8 Å². The first-order chi connectivity index (χ1) is 14.2. The summed E-state index contributed by atoms with van der Waals surface area (Å²) in [5.74, 6) is 2.18. The molecule has 3 rings (SSSR count). The van der Waals surface area contributed by atoms with E-state index < -0.39 is 12.7 Å². The third-order valence-corrected chi connectivity index (χ3v) is 5.99. The maximum atomic E-state index is 12.7. The Morgan fingerprint density at radius 3 is 2.70 bits per heavy atom. The summed E-state index contributed by atoms with van der Waals surface area (Å²) < 4.78 is 40.0. The molecule has 2 N–H and O–H groups in total. The lowest BCUT2D eigenvalue weighted by Crippen LogP contribution is -2.48. The molecule has 0 aromatic carbocycles. The Labute approximate surface area is 175 Å². The van der Waals surface area contributed by atoms with Gasteiger partial charge in [-0.1, -0.05) is 6.92 Å². The number of halogens is 3. The van der Waals surface area contributed by atoms with Crippen molar-refractivity contribution in [3.8, 4) is 0 Å². The van der Waals surface area contributed by atoms with Crippen LogP contribution in [-0.2, 0) is 13.6 Å². The highest BCUT2D eigenvalue weighted by atomic mass is 19.4. The van der Waals surface area contributed by atoms with Crippen LogP contribution < -0.4 is 10.6 Å². The van der Waals surface area contributed by atoms with Crippen LogP contribution in [0.2, 0.25) is 0 Å². The van der Waals surface area contributed by atoms with Crippen LogP contribution in [0.15, 0.2) is 4.99 Å². The zero-order chi connectivity index (χ0) is 21.7. The molecule has 0 saturated carbocycles. The number of rotatable bonds is 7. The van der Waals surface area contributed by atoms with E-state index in [2.05, 4.69) is 37.6 Å². The Hall–Kier alpha value is -1.88. The minimum absolute atomic E-state index is 0.0642. The molecule has 2 unspecified atom stereocenters. The van der Waals surface area contributed by atoms with Gasteiger partial charge < -0.3 is 15.2 Å². The van der Waals surface area contributed by atoms with Crippen LogP contribution in [0.25, 0.3) is 0 Å². The monoisotopic (exact) mass is 430 g/mol. The van der Waals surface area contributed by atoms with E-state index in [-0.39, 0.29) is 6.04 Å². The molecule has 0 spiro atoms. The minimum Gasteiger partial charge on any atom is -0.355 e. The SMILES string of the molecule is CCN1CCCC1CNC(=NCc1nnc(C)n1C)NC1CCN(CC(F)(F)F)C1. The first-order valence-corrected chi connectivity index (χ1v) is 10.7. The lowest BCUT2D eigenvalue weighted by atomic mass is 10.2. The summed E-state index contributed by atoms with van der Waals surface area (Å²) in [5, 5.41) is 14.9. The number of nitrogens with zero attached hydrogens (tertiary/aromatic N) is 6. The van der Waals surface area contributed by atoms with E-state index in [0.717, 1.165) is 37.7 Å². The van der Waals surface area contributed by atoms with Crippen molar-refractivity contribution in [2.45, 2.75) is 57.9 Å². The van der Waals surface area contributed by atoms with Crippen LogP contribution in [0.1, 0.15) is 37.8 Å². The summed E-state index contributed by atoms with van der Waals surface area (Å²) in [5.41, 5.74) is 0. The highest BCUT2D eigenvalue weighted by Crippen LogP contribution is 2.20. The van der Waals surface area contributed by atoms with Gasteiger partial charge in [-0.2, -0.15) is 13.2 Å². The lowest BCUT2D eigenvalue weighted by Gasteiger charge is -2.25. The maximum Gasteiger partial charge on any atom is 0.401 e. The van der Waals surface area contributed by atoms with E-state index in [1.165, 1.54) is 11.3 Å². The summed E-state index contributed by atoms with van der Waals surface area (Å²) in [6.07, 6.45) is -1.18. The molecule has 30 heavy (non-hydrogen) atoms. The molecule has 2 aliphatic heterocycles. The molecule has 1 aromatic heterocycles. The minimum atomic E-state index is -4.17. The standard InChI is InChI=1S/C19H33F3N8/c1-4-30-8-5-6-16(30)10-23-18(24-11-17-27-26-14(2)28(17)3)25-15-7-9-29(12-15)13-19(20,21)22/h15-16H,4-13H2,1-3H3,(H2,23,24,25). The molecule has 0 radical (unpaired) electrons. The van der Waals surface area contributed by atoms with Crippen LogP contribution in [0.3, 0.4) is 0 Å². The Morgan fingerprint density at radius 2 is 2.03 bits per heavy atom. The smallest absolute Gasteiger partial charge is 0.355 e. The van der Waals surface area contributed by atoms with Crippen LogP contribution in [-0.4, -0.2) is 88.1 Å². The van der Waals surface area contributed by atoms with Gasteiger partial charge in [-0.25, -0.2) is 4.99 Å². The molecule has 11 heteroatoms. The number of hydrogen-bond donors (Lipinski definition) is 2. The van der Waals surface area contributed by atoms with E-state index in [9.17, 15) is 13.2 Å². The average Bonchev–Trinajstić information content (AvgIpc) is 3.39. The fourth-order valence-corrected chi connectivity index (χ4v) is 4.19. The quantitative estimate of drug-likeness (QED) is 0.502. The summed E-state index contributed by atoms with van der Waals surface area (Å²) in [4.78, 5) is 8.54. The number of nitrogens with one attached hydrogen (secondary N) is 2. The second-order valence-corrected chi connectivity index (χ2v) is 8.17. The number of likely N-dealkylation sites (tertiary alicyclic amines) is 2. The molecule has 3 heterocycles. The molecule has 2 aliphatic rings. The maximum absolute atomic E-state index is 12.7. The summed E-state index contributed by atoms with van der Waals surface area (Å²) in [6, 6.07) is 0.384. The van der Waals surface area contributed by atoms with Crippen LogP contribution in [0.5, 0.6) is 0 Å². The number of aliphatic imine (C=N–C) groups is 1. The van der Waals surface area contributed by atoms with Crippen molar-refractivity contribution in [1.82, 2.24) is 35.2 Å². The van der Waals surface area contributed by atoms with Crippen LogP contribution >= 0.6 is 0 Å². The van der Waals surface area contributed by atoms with E-state index in [4.69, 9.17) is 0 Å². The number of guanidine groups is 1. The molecule has 2 fully saturated rings. The third kappa shape index (κ3) is 6.31. The molecule has 2 atom stereocenters. The third-order valence-electron chi connectivity index (χ3n) is 5.99. The van der Waals surface area contributed by atoms with Crippen molar-refractivity contribution in [2.75, 3.05) is 39.3 Å². The molecular weight excluding hydrogens is 397 g/mol. The Morgan fingerprint density at radius 1 is 1.23 bits per heavy atom. The second kappa shape index (κ2) is 9.95. The predicted octanol–water partition coefficient (Wildman–Crippen LogP) is 1.28. The zero-order valence-electron chi connectivity index (χ0n) is 18.0. The molecule has 0 amide bonds. The van der Waals surface area contributed by atoms with E-state index in [1.54, 1.807) is 0 Å². The van der Waals surface area contributed by atoms with Gasteiger partial charge in [0.2, 0.25) is 0 Å². The van der Waals surface area contributed by atoms with Crippen molar-refractivity contribution >= 4 is 5.96 Å². The van der Waals surface area contributed by atoms with Gasteiger partial charge in [0.1, 0.15) is 12.4 Å². The summed E-state index contributed by atoms with van der Waals surface area (Å²) in [7, 11) is 1.89. The van der Waals surface area contributed by atoms with Gasteiger partial charge in [0, 0.05) is 38.8 Å². The molecular formula is C19H33F3N8. The summed E-state index contributed by atoms with van der Waals surface area (Å²) >= 11 is 0. The van der Waals surface area contributed by atoms with Gasteiger partial charge in [-0.3, -0.25) is 9.80 Å². The fraction of sp³-hybridized carbons (Fsp3) is 0.842. The number of hydrogen-bond acceptors (Lipinski definition) is 5. The van der Waals surface area contributed by atoms with Crippen molar-refractivity contribution < 1.29 is 13.2 Å². The first-order valence-electron chi connectivity index (χ1n) is 10.7. The van der Waals surface area contributed by atoms with Gasteiger partial charge in [0.25, 0.3) is 0 Å². The second-order valence-electron chi connectivity index (χ2n) is 8.17. The van der Waals surface area contributed by atoms with Crippen LogP contribution in [0, 0.1) is 6.92 Å². The molecule has 1 aromatic rings. The lowest BCUT2D eigenvalue weighted by molar-refractivity contribution is -0.143. The Balaban J connectivity index is 1.61. The molecule has 8 nitrogen and oxygen atoms in total. The number of likely N-dealkylation sites (N-methyl/N-ethyl adjacent to an activating group) is 1. The van der Waals surface area contributed by atoms with E-state index in [1.807, 2.05) is 18.5 Å². The molecule has 170 valence electrons. The Bertz CT molecular complexity index is 717. The van der Waals surface area contributed by atoms with Gasteiger partial charge in [-0.05, 0) is 39.3 Å². The van der Waals surface area contributed by atoms with Crippen molar-refractivity contribution in [3.05, 3.63) is 11.6 Å². The summed E-state index contributed by atoms with van der Waals surface area (Å²) in [6.45, 7) is 7.20. The number of alkyl halides is 3. The van der Waals surface area contributed by atoms with E-state index >= 15 is 0 Å². The van der Waals surface area contributed by atoms with Gasteiger partial charge >= 0.3 is 6.18 Å². The molecule has 0 bridgehead atoms. The molecule has 2 saturated heterocycles. The predicted molar refractivity (Wildman–Crippen MR) is 109 cm³/mol. The zero-order valence-corrected chi connectivity index (χ0v) is 18.0. The van der Waals surface area contributed by atoms with Gasteiger partial charge in [-0.15, -0.1) is 10.2 Å².